The lowest BCUT2D eigenvalue weighted by Crippen LogP contribution is -2.41. The first kappa shape index (κ1) is 15.1. The number of amides is 1. The fraction of sp³-hybridized carbons (Fsp3) is 0.562. The average molecular weight is 337 g/mol. The molecular weight excluding hydrogens is 320 g/mol. The number of fused-ring (bicyclic) bond motifs is 2. The SMILES string of the molecule is CC1(c2ccncc2)SC(N[C@H]2C[C@H]3C[C@@H]2CC3(F)F)=NC1=O. The number of carbonyl (C=O) groups excluding carboxylic acids is 1. The Labute approximate surface area is 137 Å². The Balaban J connectivity index is 1.47. The summed E-state index contributed by atoms with van der Waals surface area (Å²) >= 11 is 1.36. The van der Waals surface area contributed by atoms with Crippen molar-refractivity contribution < 1.29 is 13.6 Å². The Morgan fingerprint density at radius 1 is 1.30 bits per heavy atom. The maximum absolute atomic E-state index is 13.6. The molecule has 23 heavy (non-hydrogen) atoms. The van der Waals surface area contributed by atoms with Crippen LogP contribution in [0.4, 0.5) is 8.78 Å². The molecule has 2 heterocycles. The second-order valence-electron chi connectivity index (χ2n) is 6.74. The molecule has 2 aliphatic carbocycles. The Kier molecular flexibility index (Phi) is 3.27. The number of hydrogen-bond donors (Lipinski definition) is 1. The number of nitrogens with one attached hydrogen (secondary N) is 1. The molecule has 1 aliphatic heterocycles. The van der Waals surface area contributed by atoms with Crippen molar-refractivity contribution in [1.82, 2.24) is 10.3 Å². The van der Waals surface area contributed by atoms with E-state index in [1.165, 1.54) is 11.8 Å². The van der Waals surface area contributed by atoms with Crippen LogP contribution in [0.25, 0.3) is 0 Å². The van der Waals surface area contributed by atoms with Crippen LogP contribution in [0, 0.1) is 11.8 Å². The third kappa shape index (κ3) is 2.36. The number of aromatic nitrogens is 1. The lowest BCUT2D eigenvalue weighted by Gasteiger charge is -2.29. The number of carbonyl (C=O) groups is 1. The van der Waals surface area contributed by atoms with Gasteiger partial charge in [-0.05, 0) is 43.4 Å². The molecule has 2 fully saturated rings. The number of halogens is 2. The van der Waals surface area contributed by atoms with E-state index in [1.54, 1.807) is 24.5 Å². The summed E-state index contributed by atoms with van der Waals surface area (Å²) in [5.41, 5.74) is 0.850. The number of hydrogen-bond acceptors (Lipinski definition) is 4. The zero-order valence-electron chi connectivity index (χ0n) is 12.6. The van der Waals surface area contributed by atoms with Gasteiger partial charge >= 0.3 is 0 Å². The lowest BCUT2D eigenvalue weighted by atomic mass is 9.92. The van der Waals surface area contributed by atoms with Crippen LogP contribution < -0.4 is 5.32 Å². The first-order chi connectivity index (χ1) is 10.9. The standard InChI is InChI=1S/C16H17F2N3OS/c1-15(10-2-4-19-5-3-10)13(22)21-14(23-15)20-12-7-11-6-9(12)8-16(11,17)18/h2-5,9,11-12H,6-8H2,1H3,(H,20,21,22)/t9-,11-,12+,15?/m1/s1. The fourth-order valence-corrected chi connectivity index (χ4v) is 5.03. The van der Waals surface area contributed by atoms with Crippen molar-refractivity contribution in [3.8, 4) is 0 Å². The summed E-state index contributed by atoms with van der Waals surface area (Å²) in [4.78, 5) is 20.4. The molecule has 0 saturated heterocycles. The Morgan fingerprint density at radius 2 is 2.04 bits per heavy atom. The van der Waals surface area contributed by atoms with Crippen LogP contribution in [0.5, 0.6) is 0 Å². The average Bonchev–Trinajstić information content (AvgIpc) is 3.12. The summed E-state index contributed by atoms with van der Waals surface area (Å²) < 4.78 is 26.4. The maximum Gasteiger partial charge on any atom is 0.268 e. The molecule has 1 unspecified atom stereocenters. The quantitative estimate of drug-likeness (QED) is 0.901. The zero-order valence-corrected chi connectivity index (χ0v) is 13.4. The minimum atomic E-state index is -2.52. The van der Waals surface area contributed by atoms with Gasteiger partial charge in [0.2, 0.25) is 0 Å². The molecule has 7 heteroatoms. The normalized spacial score (nSPS) is 38.0. The minimum Gasteiger partial charge on any atom is -0.361 e. The van der Waals surface area contributed by atoms with Gasteiger partial charge in [-0.15, -0.1) is 0 Å². The van der Waals surface area contributed by atoms with Crippen LogP contribution in [0.3, 0.4) is 0 Å². The molecule has 0 aromatic carbocycles. The van der Waals surface area contributed by atoms with E-state index in [-0.39, 0.29) is 24.3 Å². The smallest absolute Gasteiger partial charge is 0.268 e. The second kappa shape index (κ2) is 5.00. The molecule has 122 valence electrons. The number of amidine groups is 1. The molecular formula is C16H17F2N3OS. The van der Waals surface area contributed by atoms with Gasteiger partial charge in [0.25, 0.3) is 11.8 Å². The molecule has 0 spiro atoms. The van der Waals surface area contributed by atoms with E-state index in [2.05, 4.69) is 15.3 Å². The fourth-order valence-electron chi connectivity index (χ4n) is 3.92. The summed E-state index contributed by atoms with van der Waals surface area (Å²) in [6.07, 6.45) is 4.27. The number of alkyl halides is 2. The van der Waals surface area contributed by atoms with Gasteiger partial charge in [-0.25, -0.2) is 8.78 Å². The Bertz CT molecular complexity index is 681. The first-order valence-electron chi connectivity index (χ1n) is 7.75. The topological polar surface area (TPSA) is 54.4 Å². The van der Waals surface area contributed by atoms with E-state index in [9.17, 15) is 13.6 Å². The third-order valence-electron chi connectivity index (χ3n) is 5.28. The van der Waals surface area contributed by atoms with Crippen molar-refractivity contribution in [3.63, 3.8) is 0 Å². The van der Waals surface area contributed by atoms with Gasteiger partial charge in [-0.1, -0.05) is 11.8 Å². The maximum atomic E-state index is 13.6. The van der Waals surface area contributed by atoms with E-state index in [0.717, 1.165) is 5.56 Å². The highest BCUT2D eigenvalue weighted by atomic mass is 32.2. The zero-order chi connectivity index (χ0) is 16.2. The molecule has 0 radical (unpaired) electrons. The van der Waals surface area contributed by atoms with E-state index in [0.29, 0.717) is 18.0 Å². The second-order valence-corrected chi connectivity index (χ2v) is 8.15. The first-order valence-corrected chi connectivity index (χ1v) is 8.57. The highest BCUT2D eigenvalue weighted by Crippen LogP contribution is 2.54. The molecule has 1 N–H and O–H groups in total. The van der Waals surface area contributed by atoms with Gasteiger partial charge in [0, 0.05) is 30.8 Å². The molecule has 1 amide bonds. The predicted octanol–water partition coefficient (Wildman–Crippen LogP) is 2.95. The summed E-state index contributed by atoms with van der Waals surface area (Å²) in [6.45, 7) is 1.84. The van der Waals surface area contributed by atoms with Crippen LogP contribution in [0.2, 0.25) is 0 Å². The van der Waals surface area contributed by atoms with Crippen LogP contribution in [-0.2, 0) is 9.54 Å². The highest BCUT2D eigenvalue weighted by molar-refractivity contribution is 8.15. The minimum absolute atomic E-state index is 0.00142. The van der Waals surface area contributed by atoms with Crippen LogP contribution in [-0.4, -0.2) is 28.0 Å². The number of thioether (sulfide) groups is 1. The Hall–Kier alpha value is -1.50. The van der Waals surface area contributed by atoms with E-state index < -0.39 is 16.6 Å². The molecule has 1 aromatic rings. The summed E-state index contributed by atoms with van der Waals surface area (Å²) in [6, 6.07) is 3.61. The van der Waals surface area contributed by atoms with Crippen LogP contribution in [0.1, 0.15) is 31.7 Å². The van der Waals surface area contributed by atoms with Gasteiger partial charge in [-0.3, -0.25) is 9.78 Å². The largest absolute Gasteiger partial charge is 0.361 e. The predicted molar refractivity (Wildman–Crippen MR) is 84.3 cm³/mol. The van der Waals surface area contributed by atoms with Gasteiger partial charge in [0.05, 0.1) is 0 Å². The van der Waals surface area contributed by atoms with Gasteiger partial charge in [0.1, 0.15) is 4.75 Å². The third-order valence-corrected chi connectivity index (χ3v) is 6.50. The lowest BCUT2D eigenvalue weighted by molar-refractivity contribution is -0.119. The number of aliphatic imine (C=N–C) groups is 1. The van der Waals surface area contributed by atoms with Crippen molar-refractivity contribution in [2.45, 2.75) is 42.9 Å². The van der Waals surface area contributed by atoms with Crippen molar-refractivity contribution in [3.05, 3.63) is 30.1 Å². The van der Waals surface area contributed by atoms with Crippen molar-refractivity contribution >= 4 is 22.8 Å². The number of rotatable bonds is 2. The van der Waals surface area contributed by atoms with Gasteiger partial charge < -0.3 is 5.32 Å². The monoisotopic (exact) mass is 337 g/mol. The number of nitrogens with zero attached hydrogens (tertiary/aromatic N) is 2. The summed E-state index contributed by atoms with van der Waals surface area (Å²) in [7, 11) is 0. The van der Waals surface area contributed by atoms with Crippen molar-refractivity contribution in [2.24, 2.45) is 16.8 Å². The van der Waals surface area contributed by atoms with Crippen LogP contribution >= 0.6 is 11.8 Å². The molecule has 4 rings (SSSR count). The van der Waals surface area contributed by atoms with E-state index in [4.69, 9.17) is 0 Å². The summed E-state index contributed by atoms with van der Waals surface area (Å²) in [5, 5.41) is 3.80. The van der Waals surface area contributed by atoms with E-state index in [1.807, 2.05) is 6.92 Å². The molecule has 4 atom stereocenters. The molecule has 2 bridgehead atoms. The van der Waals surface area contributed by atoms with Crippen LogP contribution in [0.15, 0.2) is 29.5 Å². The van der Waals surface area contributed by atoms with E-state index >= 15 is 0 Å². The van der Waals surface area contributed by atoms with Gasteiger partial charge in [-0.2, -0.15) is 4.99 Å². The molecule has 2 saturated carbocycles. The summed E-state index contributed by atoms with van der Waals surface area (Å²) in [5.74, 6) is -3.29. The van der Waals surface area contributed by atoms with Crippen molar-refractivity contribution in [1.29, 1.82) is 0 Å². The highest BCUT2D eigenvalue weighted by Gasteiger charge is 2.57. The molecule has 4 nitrogen and oxygen atoms in total. The Morgan fingerprint density at radius 3 is 2.65 bits per heavy atom. The van der Waals surface area contributed by atoms with Gasteiger partial charge in [0.15, 0.2) is 5.17 Å². The number of pyridine rings is 1. The molecule has 3 aliphatic rings. The van der Waals surface area contributed by atoms with Crippen molar-refractivity contribution in [2.75, 3.05) is 0 Å². The molecule has 1 aromatic heterocycles.